The molecule has 136 valence electrons. The lowest BCUT2D eigenvalue weighted by atomic mass is 10.2. The maximum absolute atomic E-state index is 12.6. The van der Waals surface area contributed by atoms with Crippen molar-refractivity contribution in [1.82, 2.24) is 14.7 Å². The number of thiazole rings is 1. The van der Waals surface area contributed by atoms with Crippen LogP contribution in [0.15, 0.2) is 35.3 Å². The number of nitrogens with zero attached hydrogens (tertiary/aromatic N) is 2. The fourth-order valence-corrected chi connectivity index (χ4v) is 3.54. The van der Waals surface area contributed by atoms with Crippen LogP contribution in [0.1, 0.15) is 40.3 Å². The average Bonchev–Trinajstić information content (AvgIpc) is 2.88. The number of aryl methyl sites for hydroxylation is 2. The first-order chi connectivity index (χ1) is 12.4. The van der Waals surface area contributed by atoms with Gasteiger partial charge in [-0.05, 0) is 45.4 Å². The Kier molecular flexibility index (Phi) is 5.08. The van der Waals surface area contributed by atoms with Gasteiger partial charge in [0.15, 0.2) is 4.96 Å². The second kappa shape index (κ2) is 7.29. The SMILES string of the molecule is Cc1sc2ncc(C(=O)NCc3cccc(OC(C)C)c3)c(=O)n2c1C. The Bertz CT molecular complexity index is 1020. The molecule has 0 radical (unpaired) electrons. The van der Waals surface area contributed by atoms with Gasteiger partial charge in [0.2, 0.25) is 0 Å². The second-order valence-electron chi connectivity index (χ2n) is 6.34. The van der Waals surface area contributed by atoms with Crippen LogP contribution in [-0.2, 0) is 6.54 Å². The monoisotopic (exact) mass is 371 g/mol. The Hall–Kier alpha value is -2.67. The van der Waals surface area contributed by atoms with Crippen LogP contribution < -0.4 is 15.6 Å². The van der Waals surface area contributed by atoms with Crippen LogP contribution in [-0.4, -0.2) is 21.4 Å². The summed E-state index contributed by atoms with van der Waals surface area (Å²) in [6.45, 7) is 8.00. The summed E-state index contributed by atoms with van der Waals surface area (Å²) in [7, 11) is 0. The molecule has 1 amide bonds. The van der Waals surface area contributed by atoms with E-state index in [-0.39, 0.29) is 17.2 Å². The van der Waals surface area contributed by atoms with Crippen molar-refractivity contribution in [3.63, 3.8) is 0 Å². The van der Waals surface area contributed by atoms with Crippen molar-refractivity contribution in [3.8, 4) is 5.75 Å². The van der Waals surface area contributed by atoms with Crippen LogP contribution in [0.4, 0.5) is 0 Å². The first kappa shape index (κ1) is 18.1. The zero-order valence-corrected chi connectivity index (χ0v) is 16.0. The number of rotatable bonds is 5. The molecule has 0 aliphatic heterocycles. The van der Waals surface area contributed by atoms with Gasteiger partial charge in [-0.25, -0.2) is 4.98 Å². The van der Waals surface area contributed by atoms with E-state index in [2.05, 4.69) is 10.3 Å². The van der Waals surface area contributed by atoms with Gasteiger partial charge in [-0.2, -0.15) is 0 Å². The maximum Gasteiger partial charge on any atom is 0.271 e. The first-order valence-electron chi connectivity index (χ1n) is 8.38. The van der Waals surface area contributed by atoms with Crippen molar-refractivity contribution in [2.45, 2.75) is 40.3 Å². The highest BCUT2D eigenvalue weighted by Gasteiger charge is 2.16. The van der Waals surface area contributed by atoms with Crippen molar-refractivity contribution in [1.29, 1.82) is 0 Å². The van der Waals surface area contributed by atoms with E-state index in [0.29, 0.717) is 11.5 Å². The highest BCUT2D eigenvalue weighted by atomic mass is 32.1. The van der Waals surface area contributed by atoms with Crippen molar-refractivity contribution >= 4 is 22.2 Å². The lowest BCUT2D eigenvalue weighted by Crippen LogP contribution is -2.31. The Morgan fingerprint density at radius 2 is 2.12 bits per heavy atom. The maximum atomic E-state index is 12.6. The number of carbonyl (C=O) groups excluding carboxylic acids is 1. The van der Waals surface area contributed by atoms with E-state index < -0.39 is 5.91 Å². The minimum absolute atomic E-state index is 0.0398. The Labute approximate surface area is 155 Å². The minimum atomic E-state index is -0.435. The molecule has 7 heteroatoms. The van der Waals surface area contributed by atoms with Crippen LogP contribution in [0.3, 0.4) is 0 Å². The van der Waals surface area contributed by atoms with Gasteiger partial charge < -0.3 is 10.1 Å². The van der Waals surface area contributed by atoms with Crippen molar-refractivity contribution < 1.29 is 9.53 Å². The number of hydrogen-bond donors (Lipinski definition) is 1. The zero-order valence-electron chi connectivity index (χ0n) is 15.2. The second-order valence-corrected chi connectivity index (χ2v) is 7.52. The van der Waals surface area contributed by atoms with Gasteiger partial charge in [0.1, 0.15) is 11.3 Å². The van der Waals surface area contributed by atoms with Crippen molar-refractivity contribution in [2.75, 3.05) is 0 Å². The quantitative estimate of drug-likeness (QED) is 0.748. The van der Waals surface area contributed by atoms with Gasteiger partial charge in [0, 0.05) is 23.3 Å². The molecule has 0 fully saturated rings. The van der Waals surface area contributed by atoms with Crippen LogP contribution >= 0.6 is 11.3 Å². The van der Waals surface area contributed by atoms with Crippen LogP contribution in [0.5, 0.6) is 5.75 Å². The van der Waals surface area contributed by atoms with Gasteiger partial charge in [0.05, 0.1) is 6.10 Å². The number of fused-ring (bicyclic) bond motifs is 1. The summed E-state index contributed by atoms with van der Waals surface area (Å²) in [6, 6.07) is 7.52. The average molecular weight is 371 g/mol. The summed E-state index contributed by atoms with van der Waals surface area (Å²) in [6.07, 6.45) is 1.43. The standard InChI is InChI=1S/C19H21N3O3S/c1-11(2)25-15-7-5-6-14(8-15)9-20-17(23)16-10-21-19-22(18(16)24)12(3)13(4)26-19/h5-8,10-11H,9H2,1-4H3,(H,20,23). The molecule has 0 saturated heterocycles. The molecule has 0 bridgehead atoms. The fraction of sp³-hybridized carbons (Fsp3) is 0.316. The highest BCUT2D eigenvalue weighted by molar-refractivity contribution is 7.17. The smallest absolute Gasteiger partial charge is 0.271 e. The lowest BCUT2D eigenvalue weighted by molar-refractivity contribution is 0.0948. The molecule has 2 heterocycles. The van der Waals surface area contributed by atoms with Crippen LogP contribution in [0.2, 0.25) is 0 Å². The summed E-state index contributed by atoms with van der Waals surface area (Å²) in [5.41, 5.74) is 1.41. The first-order valence-corrected chi connectivity index (χ1v) is 9.20. The number of ether oxygens (including phenoxy) is 1. The summed E-state index contributed by atoms with van der Waals surface area (Å²) in [5, 5.41) is 2.78. The molecule has 0 aliphatic carbocycles. The molecular weight excluding hydrogens is 350 g/mol. The topological polar surface area (TPSA) is 72.7 Å². The Morgan fingerprint density at radius 3 is 2.85 bits per heavy atom. The molecule has 0 atom stereocenters. The third kappa shape index (κ3) is 3.62. The molecule has 1 N–H and O–H groups in total. The van der Waals surface area contributed by atoms with Gasteiger partial charge in [-0.3, -0.25) is 14.0 Å². The van der Waals surface area contributed by atoms with Gasteiger partial charge in [0.25, 0.3) is 11.5 Å². The Balaban J connectivity index is 1.79. The van der Waals surface area contributed by atoms with E-state index in [9.17, 15) is 9.59 Å². The highest BCUT2D eigenvalue weighted by Crippen LogP contribution is 2.18. The fourth-order valence-electron chi connectivity index (χ4n) is 2.61. The minimum Gasteiger partial charge on any atom is -0.491 e. The number of hydrogen-bond acceptors (Lipinski definition) is 5. The number of amides is 1. The third-order valence-electron chi connectivity index (χ3n) is 3.99. The largest absolute Gasteiger partial charge is 0.491 e. The van der Waals surface area contributed by atoms with Gasteiger partial charge >= 0.3 is 0 Å². The van der Waals surface area contributed by atoms with Crippen molar-refractivity contribution in [3.05, 3.63) is 62.5 Å². The molecule has 6 nitrogen and oxygen atoms in total. The third-order valence-corrected chi connectivity index (χ3v) is 5.06. The Morgan fingerprint density at radius 1 is 1.35 bits per heavy atom. The molecule has 3 rings (SSSR count). The summed E-state index contributed by atoms with van der Waals surface area (Å²) in [4.78, 5) is 31.0. The summed E-state index contributed by atoms with van der Waals surface area (Å²) < 4.78 is 7.15. The molecule has 0 unspecified atom stereocenters. The normalized spacial score (nSPS) is 11.1. The van der Waals surface area contributed by atoms with Crippen LogP contribution in [0, 0.1) is 13.8 Å². The van der Waals surface area contributed by atoms with Crippen molar-refractivity contribution in [2.24, 2.45) is 0 Å². The molecule has 26 heavy (non-hydrogen) atoms. The van der Waals surface area contributed by atoms with E-state index in [1.807, 2.05) is 52.0 Å². The van der Waals surface area contributed by atoms with Gasteiger partial charge in [-0.15, -0.1) is 11.3 Å². The van der Waals surface area contributed by atoms with Gasteiger partial charge in [-0.1, -0.05) is 12.1 Å². The number of nitrogens with one attached hydrogen (secondary N) is 1. The molecular formula is C19H21N3O3S. The summed E-state index contributed by atoms with van der Waals surface area (Å²) in [5.74, 6) is 0.314. The molecule has 0 saturated carbocycles. The van der Waals surface area contributed by atoms with Crippen LogP contribution in [0.25, 0.3) is 4.96 Å². The molecule has 0 aliphatic rings. The van der Waals surface area contributed by atoms with E-state index in [1.54, 1.807) is 0 Å². The number of carbonyl (C=O) groups is 1. The van der Waals surface area contributed by atoms with E-state index in [4.69, 9.17) is 4.74 Å². The number of benzene rings is 1. The predicted molar refractivity (Wildman–Crippen MR) is 102 cm³/mol. The van der Waals surface area contributed by atoms with E-state index >= 15 is 0 Å². The zero-order chi connectivity index (χ0) is 18.8. The van der Waals surface area contributed by atoms with E-state index in [0.717, 1.165) is 21.9 Å². The molecule has 3 aromatic rings. The summed E-state index contributed by atoms with van der Waals surface area (Å²) >= 11 is 1.44. The lowest BCUT2D eigenvalue weighted by Gasteiger charge is -2.11. The number of aromatic nitrogens is 2. The predicted octanol–water partition coefficient (Wildman–Crippen LogP) is 3.09. The molecule has 1 aromatic carbocycles. The van der Waals surface area contributed by atoms with E-state index in [1.165, 1.54) is 21.9 Å². The molecule has 2 aromatic heterocycles. The molecule has 0 spiro atoms.